The highest BCUT2D eigenvalue weighted by molar-refractivity contribution is 7.09. The van der Waals surface area contributed by atoms with E-state index < -0.39 is 0 Å². The zero-order chi connectivity index (χ0) is 19.5. The number of nitrogens with one attached hydrogen (secondary N) is 1. The summed E-state index contributed by atoms with van der Waals surface area (Å²) in [4.78, 5) is 28.5. The van der Waals surface area contributed by atoms with Crippen LogP contribution >= 0.6 is 11.3 Å². The van der Waals surface area contributed by atoms with Crippen molar-refractivity contribution in [3.05, 3.63) is 63.9 Å². The van der Waals surface area contributed by atoms with Crippen LogP contribution in [0.3, 0.4) is 0 Å². The summed E-state index contributed by atoms with van der Waals surface area (Å²) in [5.74, 6) is 1.63. The van der Waals surface area contributed by atoms with E-state index in [1.54, 1.807) is 11.3 Å². The van der Waals surface area contributed by atoms with Crippen molar-refractivity contribution in [1.29, 1.82) is 0 Å². The van der Waals surface area contributed by atoms with Crippen LogP contribution in [0.15, 0.2) is 41.8 Å². The Morgan fingerprint density at radius 2 is 1.93 bits per heavy atom. The summed E-state index contributed by atoms with van der Waals surface area (Å²) in [6.07, 6.45) is 2.28. The molecule has 1 amide bonds. The molecule has 0 bridgehead atoms. The van der Waals surface area contributed by atoms with Crippen molar-refractivity contribution in [2.75, 3.05) is 11.9 Å². The molecule has 0 unspecified atom stereocenters. The number of aromatic nitrogens is 3. The number of thiazole rings is 1. The van der Waals surface area contributed by atoms with Crippen LogP contribution in [0.1, 0.15) is 41.0 Å². The van der Waals surface area contributed by atoms with Gasteiger partial charge in [-0.1, -0.05) is 12.1 Å². The lowest BCUT2D eigenvalue weighted by atomic mass is 10.1. The summed E-state index contributed by atoms with van der Waals surface area (Å²) in [5.41, 5.74) is 2.72. The molecule has 1 saturated heterocycles. The topological polar surface area (TPSA) is 71.0 Å². The van der Waals surface area contributed by atoms with Crippen LogP contribution in [-0.4, -0.2) is 32.3 Å². The lowest BCUT2D eigenvalue weighted by Crippen LogP contribution is -2.32. The fraction of sp³-hybridized carbons (Fsp3) is 0.333. The van der Waals surface area contributed by atoms with Crippen molar-refractivity contribution in [2.24, 2.45) is 0 Å². The van der Waals surface area contributed by atoms with Crippen molar-refractivity contribution >= 4 is 28.9 Å². The van der Waals surface area contributed by atoms with E-state index in [2.05, 4.69) is 15.3 Å². The summed E-state index contributed by atoms with van der Waals surface area (Å²) in [5, 5.41) is 6.22. The van der Waals surface area contributed by atoms with Gasteiger partial charge in [0.1, 0.15) is 11.6 Å². The molecule has 0 spiro atoms. The predicted molar refractivity (Wildman–Crippen MR) is 111 cm³/mol. The first-order chi connectivity index (χ1) is 13.6. The number of likely N-dealkylation sites (tertiary alicyclic amines) is 1. The SMILES string of the molecule is Cc1cccc(Nc2cccc([C@@H]3CCCN3C(=O)Cc3csc(C)n3)n2)n1. The maximum absolute atomic E-state index is 12.9. The molecule has 1 aliphatic rings. The highest BCUT2D eigenvalue weighted by atomic mass is 32.1. The third-order valence-corrected chi connectivity index (χ3v) is 5.65. The van der Waals surface area contributed by atoms with Gasteiger partial charge in [-0.25, -0.2) is 15.0 Å². The van der Waals surface area contributed by atoms with E-state index in [1.165, 1.54) is 0 Å². The van der Waals surface area contributed by atoms with Gasteiger partial charge >= 0.3 is 0 Å². The number of aryl methyl sites for hydroxylation is 2. The molecule has 3 aromatic rings. The third-order valence-electron chi connectivity index (χ3n) is 4.83. The predicted octanol–water partition coefficient (Wildman–Crippen LogP) is 4.20. The van der Waals surface area contributed by atoms with Gasteiger partial charge in [-0.2, -0.15) is 0 Å². The van der Waals surface area contributed by atoms with E-state index >= 15 is 0 Å². The van der Waals surface area contributed by atoms with Crippen LogP contribution in [0.5, 0.6) is 0 Å². The van der Waals surface area contributed by atoms with Crippen LogP contribution in [0.25, 0.3) is 0 Å². The molecule has 144 valence electrons. The Labute approximate surface area is 168 Å². The molecular formula is C21H23N5OS. The summed E-state index contributed by atoms with van der Waals surface area (Å²) in [6.45, 7) is 4.69. The largest absolute Gasteiger partial charge is 0.334 e. The minimum atomic E-state index is 0.0134. The van der Waals surface area contributed by atoms with E-state index in [4.69, 9.17) is 4.98 Å². The van der Waals surface area contributed by atoms with Crippen molar-refractivity contribution in [2.45, 2.75) is 39.2 Å². The van der Waals surface area contributed by atoms with E-state index in [0.29, 0.717) is 6.42 Å². The fourth-order valence-electron chi connectivity index (χ4n) is 3.57. The van der Waals surface area contributed by atoms with Crippen LogP contribution in [0, 0.1) is 13.8 Å². The standard InChI is InChI=1S/C21H23N5OS/c1-14-6-3-9-19(22-14)25-20-10-4-7-17(24-20)18-8-5-11-26(18)21(27)12-16-13-28-15(2)23-16/h3-4,6-7,9-10,13,18H,5,8,11-12H2,1-2H3,(H,22,24,25)/t18-/m0/s1. The normalized spacial score (nSPS) is 16.4. The Bertz CT molecular complexity index is 986. The van der Waals surface area contributed by atoms with Crippen LogP contribution in [0.4, 0.5) is 11.6 Å². The number of nitrogens with zero attached hydrogens (tertiary/aromatic N) is 4. The molecular weight excluding hydrogens is 370 g/mol. The maximum atomic E-state index is 12.9. The van der Waals surface area contributed by atoms with Gasteiger partial charge in [0.15, 0.2) is 0 Å². The molecule has 0 saturated carbocycles. The quantitative estimate of drug-likeness (QED) is 0.703. The third kappa shape index (κ3) is 4.20. The first-order valence-electron chi connectivity index (χ1n) is 9.46. The molecule has 28 heavy (non-hydrogen) atoms. The Morgan fingerprint density at radius 3 is 2.68 bits per heavy atom. The number of hydrogen-bond donors (Lipinski definition) is 1. The molecule has 7 heteroatoms. The average molecular weight is 394 g/mol. The molecule has 4 heterocycles. The van der Waals surface area contributed by atoms with Gasteiger partial charge in [-0.15, -0.1) is 11.3 Å². The first kappa shape index (κ1) is 18.6. The van der Waals surface area contributed by atoms with E-state index in [0.717, 1.165) is 53.1 Å². The van der Waals surface area contributed by atoms with Gasteiger partial charge in [0, 0.05) is 17.6 Å². The average Bonchev–Trinajstić information content (AvgIpc) is 3.31. The molecule has 4 rings (SSSR count). The Kier molecular flexibility index (Phi) is 5.34. The van der Waals surface area contributed by atoms with Crippen molar-refractivity contribution in [3.63, 3.8) is 0 Å². The second kappa shape index (κ2) is 8.06. The number of amides is 1. The number of carbonyl (C=O) groups excluding carboxylic acids is 1. The maximum Gasteiger partial charge on any atom is 0.229 e. The van der Waals surface area contributed by atoms with Gasteiger partial charge in [0.2, 0.25) is 5.91 Å². The monoisotopic (exact) mass is 393 g/mol. The van der Waals surface area contributed by atoms with Gasteiger partial charge in [-0.3, -0.25) is 4.79 Å². The lowest BCUT2D eigenvalue weighted by molar-refractivity contribution is -0.131. The second-order valence-corrected chi connectivity index (χ2v) is 8.08. The van der Waals surface area contributed by atoms with Gasteiger partial charge in [0.25, 0.3) is 0 Å². The van der Waals surface area contributed by atoms with Crippen LogP contribution in [0.2, 0.25) is 0 Å². The van der Waals surface area contributed by atoms with Crippen molar-refractivity contribution in [1.82, 2.24) is 19.9 Å². The molecule has 1 atom stereocenters. The minimum Gasteiger partial charge on any atom is -0.334 e. The van der Waals surface area contributed by atoms with Crippen molar-refractivity contribution < 1.29 is 4.79 Å². The van der Waals surface area contributed by atoms with Crippen molar-refractivity contribution in [3.8, 4) is 0 Å². The minimum absolute atomic E-state index is 0.0134. The molecule has 0 aliphatic carbocycles. The lowest BCUT2D eigenvalue weighted by Gasteiger charge is -2.24. The summed E-state index contributed by atoms with van der Waals surface area (Å²) < 4.78 is 0. The highest BCUT2D eigenvalue weighted by Gasteiger charge is 2.31. The molecule has 1 fully saturated rings. The number of hydrogen-bond acceptors (Lipinski definition) is 6. The van der Waals surface area contributed by atoms with E-state index in [-0.39, 0.29) is 11.9 Å². The molecule has 1 aliphatic heterocycles. The number of anilines is 2. The highest BCUT2D eigenvalue weighted by Crippen LogP contribution is 2.32. The Balaban J connectivity index is 1.50. The molecule has 0 radical (unpaired) electrons. The summed E-state index contributed by atoms with van der Waals surface area (Å²) in [7, 11) is 0. The molecule has 1 N–H and O–H groups in total. The zero-order valence-corrected chi connectivity index (χ0v) is 16.9. The number of carbonyl (C=O) groups is 1. The fourth-order valence-corrected chi connectivity index (χ4v) is 4.18. The molecule has 0 aromatic carbocycles. The van der Waals surface area contributed by atoms with Crippen LogP contribution < -0.4 is 5.32 Å². The second-order valence-electron chi connectivity index (χ2n) is 7.02. The number of pyridine rings is 2. The summed E-state index contributed by atoms with van der Waals surface area (Å²) in [6, 6.07) is 11.8. The molecule has 3 aromatic heterocycles. The van der Waals surface area contributed by atoms with E-state index in [1.807, 2.05) is 60.5 Å². The smallest absolute Gasteiger partial charge is 0.229 e. The summed E-state index contributed by atoms with van der Waals surface area (Å²) >= 11 is 1.58. The Morgan fingerprint density at radius 1 is 1.14 bits per heavy atom. The van der Waals surface area contributed by atoms with Gasteiger partial charge in [0.05, 0.1) is 28.9 Å². The number of rotatable bonds is 5. The zero-order valence-electron chi connectivity index (χ0n) is 16.1. The first-order valence-corrected chi connectivity index (χ1v) is 10.3. The van der Waals surface area contributed by atoms with Crippen LogP contribution in [-0.2, 0) is 11.2 Å². The van der Waals surface area contributed by atoms with E-state index in [9.17, 15) is 4.79 Å². The van der Waals surface area contributed by atoms with Gasteiger partial charge in [-0.05, 0) is 51.0 Å². The molecule has 6 nitrogen and oxygen atoms in total. The van der Waals surface area contributed by atoms with Gasteiger partial charge < -0.3 is 10.2 Å². The Hall–Kier alpha value is -2.80.